The van der Waals surface area contributed by atoms with Crippen molar-refractivity contribution < 1.29 is 14.3 Å². The van der Waals surface area contributed by atoms with E-state index in [0.29, 0.717) is 23.7 Å². The zero-order valence-electron chi connectivity index (χ0n) is 12.9. The maximum absolute atomic E-state index is 12.3. The summed E-state index contributed by atoms with van der Waals surface area (Å²) in [4.78, 5) is 16.6. The lowest BCUT2D eigenvalue weighted by atomic mass is 10.2. The van der Waals surface area contributed by atoms with Crippen LogP contribution in [-0.4, -0.2) is 29.5 Å². The molecule has 23 heavy (non-hydrogen) atoms. The maximum atomic E-state index is 12.3. The summed E-state index contributed by atoms with van der Waals surface area (Å²) < 4.78 is 12.4. The molecule has 1 aromatic carbocycles. The lowest BCUT2D eigenvalue weighted by Crippen LogP contribution is -2.23. The number of fused-ring (bicyclic) bond motifs is 1. The summed E-state index contributed by atoms with van der Waals surface area (Å²) in [6.07, 6.45) is 3.55. The highest BCUT2D eigenvalue weighted by molar-refractivity contribution is 5.92. The monoisotopic (exact) mass is 311 g/mol. The summed E-state index contributed by atoms with van der Waals surface area (Å²) in [6.45, 7) is 0.326. The number of aromatic nitrogens is 2. The number of para-hydroxylation sites is 1. The first-order valence-electron chi connectivity index (χ1n) is 7.14. The van der Waals surface area contributed by atoms with E-state index in [9.17, 15) is 4.79 Å². The normalized spacial score (nSPS) is 10.5. The Kier molecular flexibility index (Phi) is 4.14. The highest BCUT2D eigenvalue weighted by Crippen LogP contribution is 2.30. The lowest BCUT2D eigenvalue weighted by molar-refractivity contribution is 0.0946. The second-order valence-electron chi connectivity index (χ2n) is 4.93. The molecule has 0 atom stereocenters. The Morgan fingerprint density at radius 1 is 1.17 bits per heavy atom. The van der Waals surface area contributed by atoms with Crippen LogP contribution in [0.4, 0.5) is 0 Å². The first kappa shape index (κ1) is 14.9. The Morgan fingerprint density at radius 3 is 2.78 bits per heavy atom. The van der Waals surface area contributed by atoms with E-state index in [4.69, 9.17) is 9.47 Å². The first-order chi connectivity index (χ1) is 11.2. The largest absolute Gasteiger partial charge is 0.493 e. The standard InChI is InChI=1S/C17H17N3O3/c1-22-14-7-5-6-12(16(14)23-2)10-18-17(21)13-11-20-9-4-3-8-15(20)19-13/h3-9,11H,10H2,1-2H3,(H,18,21). The molecule has 2 heterocycles. The summed E-state index contributed by atoms with van der Waals surface area (Å²) in [5.41, 5.74) is 1.94. The molecule has 0 spiro atoms. The van der Waals surface area contributed by atoms with Gasteiger partial charge in [0.05, 0.1) is 14.2 Å². The molecule has 0 aliphatic rings. The number of carbonyl (C=O) groups excluding carboxylic acids is 1. The Labute approximate surface area is 133 Å². The molecule has 0 unspecified atom stereocenters. The molecule has 6 nitrogen and oxygen atoms in total. The van der Waals surface area contributed by atoms with Crippen LogP contribution in [0.3, 0.4) is 0 Å². The number of rotatable bonds is 5. The van der Waals surface area contributed by atoms with E-state index in [-0.39, 0.29) is 5.91 Å². The van der Waals surface area contributed by atoms with Gasteiger partial charge < -0.3 is 19.2 Å². The topological polar surface area (TPSA) is 64.9 Å². The molecule has 3 aromatic rings. The van der Waals surface area contributed by atoms with Gasteiger partial charge in [0.1, 0.15) is 11.3 Å². The van der Waals surface area contributed by atoms with Gasteiger partial charge in [-0.2, -0.15) is 0 Å². The van der Waals surface area contributed by atoms with Crippen molar-refractivity contribution in [2.75, 3.05) is 14.2 Å². The van der Waals surface area contributed by atoms with Crippen LogP contribution >= 0.6 is 0 Å². The van der Waals surface area contributed by atoms with Crippen molar-refractivity contribution in [2.45, 2.75) is 6.54 Å². The number of pyridine rings is 1. The summed E-state index contributed by atoms with van der Waals surface area (Å²) in [5, 5.41) is 2.85. The lowest BCUT2D eigenvalue weighted by Gasteiger charge is -2.12. The molecule has 1 N–H and O–H groups in total. The number of hydrogen-bond acceptors (Lipinski definition) is 4. The second-order valence-corrected chi connectivity index (χ2v) is 4.93. The average molecular weight is 311 g/mol. The van der Waals surface area contributed by atoms with E-state index in [1.807, 2.05) is 42.6 Å². The molecule has 0 radical (unpaired) electrons. The second kappa shape index (κ2) is 6.39. The zero-order valence-corrected chi connectivity index (χ0v) is 12.9. The fraction of sp³-hybridized carbons (Fsp3) is 0.176. The highest BCUT2D eigenvalue weighted by atomic mass is 16.5. The van der Waals surface area contributed by atoms with Gasteiger partial charge in [0.15, 0.2) is 11.5 Å². The average Bonchev–Trinajstić information content (AvgIpc) is 3.03. The van der Waals surface area contributed by atoms with Gasteiger partial charge in [0.25, 0.3) is 5.91 Å². The molecule has 1 amide bonds. The molecule has 0 aliphatic heterocycles. The molecule has 0 saturated carbocycles. The summed E-state index contributed by atoms with van der Waals surface area (Å²) in [5.74, 6) is 1.01. The van der Waals surface area contributed by atoms with Gasteiger partial charge >= 0.3 is 0 Å². The maximum Gasteiger partial charge on any atom is 0.271 e. The van der Waals surface area contributed by atoms with Crippen LogP contribution in [0.15, 0.2) is 48.8 Å². The fourth-order valence-electron chi connectivity index (χ4n) is 2.40. The molecule has 2 aromatic heterocycles. The van der Waals surface area contributed by atoms with Crippen molar-refractivity contribution in [3.05, 3.63) is 60.0 Å². The van der Waals surface area contributed by atoms with Crippen molar-refractivity contribution in [1.82, 2.24) is 14.7 Å². The third kappa shape index (κ3) is 2.96. The van der Waals surface area contributed by atoms with Gasteiger partial charge in [0, 0.05) is 24.5 Å². The molecule has 0 bridgehead atoms. The quantitative estimate of drug-likeness (QED) is 0.785. The number of ether oxygens (including phenoxy) is 2. The van der Waals surface area contributed by atoms with Crippen molar-refractivity contribution in [3.8, 4) is 11.5 Å². The Morgan fingerprint density at radius 2 is 2.04 bits per heavy atom. The molecule has 0 saturated heterocycles. The van der Waals surface area contributed by atoms with E-state index >= 15 is 0 Å². The van der Waals surface area contributed by atoms with Crippen LogP contribution in [0.2, 0.25) is 0 Å². The zero-order chi connectivity index (χ0) is 16.2. The summed E-state index contributed by atoms with van der Waals surface area (Å²) in [6, 6.07) is 11.2. The van der Waals surface area contributed by atoms with Crippen LogP contribution in [0.5, 0.6) is 11.5 Å². The summed E-state index contributed by atoms with van der Waals surface area (Å²) in [7, 11) is 3.15. The number of hydrogen-bond donors (Lipinski definition) is 1. The van der Waals surface area contributed by atoms with Gasteiger partial charge in [-0.05, 0) is 18.2 Å². The molecular formula is C17H17N3O3. The Hall–Kier alpha value is -3.02. The molecule has 118 valence electrons. The SMILES string of the molecule is COc1cccc(CNC(=O)c2cn3ccccc3n2)c1OC. The highest BCUT2D eigenvalue weighted by Gasteiger charge is 2.13. The van der Waals surface area contributed by atoms with Gasteiger partial charge in [-0.15, -0.1) is 0 Å². The van der Waals surface area contributed by atoms with Crippen LogP contribution in [-0.2, 0) is 6.54 Å². The van der Waals surface area contributed by atoms with Crippen LogP contribution < -0.4 is 14.8 Å². The van der Waals surface area contributed by atoms with E-state index in [0.717, 1.165) is 11.2 Å². The van der Waals surface area contributed by atoms with Gasteiger partial charge in [-0.25, -0.2) is 4.98 Å². The Balaban J connectivity index is 1.76. The van der Waals surface area contributed by atoms with E-state index in [1.165, 1.54) is 0 Å². The number of carbonyl (C=O) groups is 1. The minimum atomic E-state index is -0.237. The number of methoxy groups -OCH3 is 2. The minimum absolute atomic E-state index is 0.237. The summed E-state index contributed by atoms with van der Waals surface area (Å²) >= 11 is 0. The number of benzene rings is 1. The minimum Gasteiger partial charge on any atom is -0.493 e. The van der Waals surface area contributed by atoms with E-state index in [1.54, 1.807) is 24.8 Å². The fourth-order valence-corrected chi connectivity index (χ4v) is 2.40. The van der Waals surface area contributed by atoms with Crippen molar-refractivity contribution in [1.29, 1.82) is 0 Å². The number of nitrogens with one attached hydrogen (secondary N) is 1. The molecular weight excluding hydrogens is 294 g/mol. The van der Waals surface area contributed by atoms with Gasteiger partial charge in [-0.1, -0.05) is 18.2 Å². The Bertz CT molecular complexity index is 809. The molecule has 3 rings (SSSR count). The third-order valence-electron chi connectivity index (χ3n) is 3.52. The first-order valence-corrected chi connectivity index (χ1v) is 7.14. The molecule has 0 aliphatic carbocycles. The van der Waals surface area contributed by atoms with E-state index < -0.39 is 0 Å². The van der Waals surface area contributed by atoms with Crippen molar-refractivity contribution in [2.24, 2.45) is 0 Å². The van der Waals surface area contributed by atoms with Crippen molar-refractivity contribution >= 4 is 11.6 Å². The number of imidazole rings is 1. The van der Waals surface area contributed by atoms with Gasteiger partial charge in [-0.3, -0.25) is 4.79 Å². The van der Waals surface area contributed by atoms with Crippen LogP contribution in [0.25, 0.3) is 5.65 Å². The van der Waals surface area contributed by atoms with Gasteiger partial charge in [0.2, 0.25) is 0 Å². The predicted molar refractivity (Wildman–Crippen MR) is 85.9 cm³/mol. The molecule has 6 heteroatoms. The number of amides is 1. The smallest absolute Gasteiger partial charge is 0.271 e. The number of nitrogens with zero attached hydrogens (tertiary/aromatic N) is 2. The third-order valence-corrected chi connectivity index (χ3v) is 3.52. The van der Waals surface area contributed by atoms with Crippen LogP contribution in [0.1, 0.15) is 16.1 Å². The van der Waals surface area contributed by atoms with Crippen LogP contribution in [0, 0.1) is 0 Å². The molecule has 0 fully saturated rings. The predicted octanol–water partition coefficient (Wildman–Crippen LogP) is 2.28. The van der Waals surface area contributed by atoms with Crippen molar-refractivity contribution in [3.63, 3.8) is 0 Å². The van der Waals surface area contributed by atoms with E-state index in [2.05, 4.69) is 10.3 Å².